The van der Waals surface area contributed by atoms with Crippen LogP contribution in [0.2, 0.25) is 0 Å². The Kier molecular flexibility index (Phi) is 6.12. The highest BCUT2D eigenvalue weighted by molar-refractivity contribution is 5.97. The minimum Gasteiger partial charge on any atom is -0.370 e. The summed E-state index contributed by atoms with van der Waals surface area (Å²) in [5.74, 6) is 0.307. The molecule has 4 rings (SSSR count). The van der Waals surface area contributed by atoms with Gasteiger partial charge < -0.3 is 20.7 Å². The SMILES string of the molecule is NC[C@H](C(=O)Nc1ccc(N2CCOCC2=O)c(F)c1)N(CC1CC1)CC1CC1. The van der Waals surface area contributed by atoms with Crippen LogP contribution in [0, 0.1) is 17.7 Å². The summed E-state index contributed by atoms with van der Waals surface area (Å²) in [5, 5.41) is 2.81. The Morgan fingerprint density at radius 3 is 2.52 bits per heavy atom. The molecule has 3 N–H and O–H groups in total. The number of hydrogen-bond donors (Lipinski definition) is 2. The Balaban J connectivity index is 1.43. The quantitative estimate of drug-likeness (QED) is 0.652. The molecule has 1 heterocycles. The van der Waals surface area contributed by atoms with E-state index in [-0.39, 0.29) is 30.7 Å². The zero-order valence-corrected chi connectivity index (χ0v) is 16.6. The second-order valence-corrected chi connectivity index (χ2v) is 8.35. The fraction of sp³-hybridized carbons (Fsp3) is 0.619. The lowest BCUT2D eigenvalue weighted by Gasteiger charge is -2.30. The number of anilines is 2. The molecule has 2 amide bonds. The molecule has 2 aliphatic carbocycles. The van der Waals surface area contributed by atoms with Gasteiger partial charge in [-0.25, -0.2) is 4.39 Å². The predicted molar refractivity (Wildman–Crippen MR) is 108 cm³/mol. The van der Waals surface area contributed by atoms with Gasteiger partial charge in [0.25, 0.3) is 5.91 Å². The number of nitrogens with zero attached hydrogens (tertiary/aromatic N) is 2. The van der Waals surface area contributed by atoms with Gasteiger partial charge in [0.05, 0.1) is 12.3 Å². The highest BCUT2D eigenvalue weighted by Crippen LogP contribution is 2.34. The van der Waals surface area contributed by atoms with Crippen molar-refractivity contribution < 1.29 is 18.7 Å². The lowest BCUT2D eigenvalue weighted by molar-refractivity contribution is -0.125. The zero-order chi connectivity index (χ0) is 20.4. The lowest BCUT2D eigenvalue weighted by atomic mass is 10.1. The van der Waals surface area contributed by atoms with E-state index in [9.17, 15) is 14.0 Å². The van der Waals surface area contributed by atoms with Crippen LogP contribution in [-0.4, -0.2) is 62.1 Å². The number of ether oxygens (including phenoxy) is 1. The summed E-state index contributed by atoms with van der Waals surface area (Å²) < 4.78 is 19.7. The van der Waals surface area contributed by atoms with E-state index in [4.69, 9.17) is 10.5 Å². The lowest BCUT2D eigenvalue weighted by Crippen LogP contribution is -2.50. The minimum atomic E-state index is -0.546. The minimum absolute atomic E-state index is 0.0477. The number of amides is 2. The Hall–Kier alpha value is -2.03. The summed E-state index contributed by atoms with van der Waals surface area (Å²) >= 11 is 0. The van der Waals surface area contributed by atoms with Gasteiger partial charge in [0, 0.05) is 31.9 Å². The van der Waals surface area contributed by atoms with E-state index in [1.165, 1.54) is 42.7 Å². The third-order valence-corrected chi connectivity index (χ3v) is 5.84. The molecule has 8 heteroatoms. The number of carbonyl (C=O) groups excluding carboxylic acids is 2. The van der Waals surface area contributed by atoms with Gasteiger partial charge in [0.2, 0.25) is 5.91 Å². The van der Waals surface area contributed by atoms with Crippen LogP contribution in [0.25, 0.3) is 0 Å². The second-order valence-electron chi connectivity index (χ2n) is 8.35. The number of nitrogens with one attached hydrogen (secondary N) is 1. The van der Waals surface area contributed by atoms with E-state index >= 15 is 0 Å². The molecule has 1 aromatic rings. The van der Waals surface area contributed by atoms with Gasteiger partial charge in [-0.1, -0.05) is 0 Å². The summed E-state index contributed by atoms with van der Waals surface area (Å²) in [6, 6.07) is 3.99. The first-order chi connectivity index (χ1) is 14.0. The maximum Gasteiger partial charge on any atom is 0.253 e. The molecule has 158 valence electrons. The van der Waals surface area contributed by atoms with E-state index in [0.717, 1.165) is 13.1 Å². The van der Waals surface area contributed by atoms with Crippen molar-refractivity contribution in [1.82, 2.24) is 4.90 Å². The van der Waals surface area contributed by atoms with Crippen molar-refractivity contribution >= 4 is 23.2 Å². The van der Waals surface area contributed by atoms with Crippen LogP contribution in [-0.2, 0) is 14.3 Å². The molecule has 29 heavy (non-hydrogen) atoms. The monoisotopic (exact) mass is 404 g/mol. The van der Waals surface area contributed by atoms with Crippen molar-refractivity contribution in [3.63, 3.8) is 0 Å². The summed E-state index contributed by atoms with van der Waals surface area (Å²) in [6.07, 6.45) is 4.86. The third-order valence-electron chi connectivity index (χ3n) is 5.84. The van der Waals surface area contributed by atoms with Crippen molar-refractivity contribution in [2.45, 2.75) is 31.7 Å². The molecule has 3 fully saturated rings. The number of benzene rings is 1. The van der Waals surface area contributed by atoms with Gasteiger partial charge in [-0.05, 0) is 55.7 Å². The summed E-state index contributed by atoms with van der Waals surface area (Å²) in [7, 11) is 0. The summed E-state index contributed by atoms with van der Waals surface area (Å²) in [5.41, 5.74) is 6.53. The van der Waals surface area contributed by atoms with Gasteiger partial charge in [0.1, 0.15) is 18.5 Å². The first-order valence-corrected chi connectivity index (χ1v) is 10.5. The number of morpholine rings is 1. The molecule has 3 aliphatic rings. The molecule has 0 spiro atoms. The molecule has 0 unspecified atom stereocenters. The fourth-order valence-electron chi connectivity index (χ4n) is 3.82. The molecule has 0 aromatic heterocycles. The van der Waals surface area contributed by atoms with Gasteiger partial charge in [-0.3, -0.25) is 14.5 Å². The third kappa shape index (κ3) is 5.12. The summed E-state index contributed by atoms with van der Waals surface area (Å²) in [6.45, 7) is 2.67. The predicted octanol–water partition coefficient (Wildman–Crippen LogP) is 1.58. The molecular formula is C21H29FN4O3. The maximum atomic E-state index is 14.6. The van der Waals surface area contributed by atoms with Gasteiger partial charge in [-0.2, -0.15) is 0 Å². The van der Waals surface area contributed by atoms with E-state index < -0.39 is 11.9 Å². The molecule has 1 aromatic carbocycles. The Morgan fingerprint density at radius 2 is 1.97 bits per heavy atom. The molecule has 1 atom stereocenters. The highest BCUT2D eigenvalue weighted by atomic mass is 19.1. The smallest absolute Gasteiger partial charge is 0.253 e. The number of rotatable bonds is 9. The van der Waals surface area contributed by atoms with E-state index in [2.05, 4.69) is 10.2 Å². The fourth-order valence-corrected chi connectivity index (χ4v) is 3.82. The van der Waals surface area contributed by atoms with Crippen LogP contribution in [0.3, 0.4) is 0 Å². The van der Waals surface area contributed by atoms with E-state index in [1.54, 1.807) is 6.07 Å². The summed E-state index contributed by atoms with van der Waals surface area (Å²) in [4.78, 5) is 28.4. The molecule has 1 saturated heterocycles. The molecule has 0 radical (unpaired) electrons. The average Bonchev–Trinajstić information content (AvgIpc) is 3.60. The van der Waals surface area contributed by atoms with Gasteiger partial charge >= 0.3 is 0 Å². The largest absolute Gasteiger partial charge is 0.370 e. The van der Waals surface area contributed by atoms with Crippen LogP contribution in [0.5, 0.6) is 0 Å². The topological polar surface area (TPSA) is 87.9 Å². The molecule has 1 aliphatic heterocycles. The molecule has 0 bridgehead atoms. The number of hydrogen-bond acceptors (Lipinski definition) is 5. The molecule has 7 nitrogen and oxygen atoms in total. The van der Waals surface area contributed by atoms with Crippen LogP contribution < -0.4 is 16.0 Å². The zero-order valence-electron chi connectivity index (χ0n) is 16.6. The second kappa shape index (κ2) is 8.77. The number of nitrogens with two attached hydrogens (primary N) is 1. The van der Waals surface area contributed by atoms with Gasteiger partial charge in [0.15, 0.2) is 0 Å². The van der Waals surface area contributed by atoms with Crippen molar-refractivity contribution in [1.29, 1.82) is 0 Å². The van der Waals surface area contributed by atoms with Crippen molar-refractivity contribution in [2.75, 3.05) is 49.6 Å². The first kappa shape index (κ1) is 20.3. The van der Waals surface area contributed by atoms with Crippen molar-refractivity contribution in [3.05, 3.63) is 24.0 Å². The first-order valence-electron chi connectivity index (χ1n) is 10.5. The molecular weight excluding hydrogens is 375 g/mol. The van der Waals surface area contributed by atoms with Crippen molar-refractivity contribution in [3.8, 4) is 0 Å². The Morgan fingerprint density at radius 1 is 1.28 bits per heavy atom. The Labute approximate surface area is 170 Å². The van der Waals surface area contributed by atoms with Crippen LogP contribution in [0.15, 0.2) is 18.2 Å². The highest BCUT2D eigenvalue weighted by Gasteiger charge is 2.35. The van der Waals surface area contributed by atoms with E-state index in [0.29, 0.717) is 30.7 Å². The Bertz CT molecular complexity index is 752. The van der Waals surface area contributed by atoms with Crippen molar-refractivity contribution in [2.24, 2.45) is 17.6 Å². The molecule has 2 saturated carbocycles. The van der Waals surface area contributed by atoms with Crippen LogP contribution in [0.4, 0.5) is 15.8 Å². The standard InChI is InChI=1S/C21H29FN4O3/c22-17-9-16(5-6-18(17)26-7-8-29-13-20(26)27)24-21(28)19(10-23)25(11-14-1-2-14)12-15-3-4-15/h5-6,9,14-15,19H,1-4,7-8,10-13,23H2,(H,24,28)/t19-/m1/s1. The normalized spacial score (nSPS) is 20.8. The number of carbonyl (C=O) groups is 2. The number of halogens is 1. The van der Waals surface area contributed by atoms with Gasteiger partial charge in [-0.15, -0.1) is 0 Å². The van der Waals surface area contributed by atoms with E-state index in [1.807, 2.05) is 0 Å². The van der Waals surface area contributed by atoms with Crippen LogP contribution in [0.1, 0.15) is 25.7 Å². The average molecular weight is 404 g/mol. The van der Waals surface area contributed by atoms with Crippen LogP contribution >= 0.6 is 0 Å². The maximum absolute atomic E-state index is 14.6.